The monoisotopic (exact) mass is 493 g/mol. The number of fused-ring (bicyclic) bond motifs is 1. The molecular weight excluding hydrogens is 469 g/mol. The highest BCUT2D eigenvalue weighted by atomic mass is 32.2. The molecule has 2 aromatic carbocycles. The Hall–Kier alpha value is -3.18. The third-order valence-corrected chi connectivity index (χ3v) is 7.65. The molecule has 0 unspecified atom stereocenters. The first kappa shape index (κ1) is 24.0. The molecule has 34 heavy (non-hydrogen) atoms. The van der Waals surface area contributed by atoms with Gasteiger partial charge < -0.3 is 18.9 Å². The normalized spacial score (nSPS) is 16.6. The fourth-order valence-electron chi connectivity index (χ4n) is 3.84. The van der Waals surface area contributed by atoms with Gasteiger partial charge in [-0.3, -0.25) is 9.59 Å². The van der Waals surface area contributed by atoms with Gasteiger partial charge in [0.05, 0.1) is 17.9 Å². The second kappa shape index (κ2) is 9.98. The van der Waals surface area contributed by atoms with E-state index in [4.69, 9.17) is 18.9 Å². The van der Waals surface area contributed by atoms with Crippen LogP contribution in [0.1, 0.15) is 23.2 Å². The topological polar surface area (TPSA) is 108 Å². The Morgan fingerprint density at radius 2 is 1.76 bits per heavy atom. The minimum atomic E-state index is -3.77. The third-order valence-electron chi connectivity index (χ3n) is 5.76. The van der Waals surface area contributed by atoms with E-state index in [1.54, 1.807) is 6.07 Å². The Labute approximate surface area is 196 Å². The van der Waals surface area contributed by atoms with Crippen LogP contribution in [0.5, 0.6) is 17.2 Å². The number of ketones is 1. The molecule has 0 atom stereocenters. The number of rotatable bonds is 7. The Morgan fingerprint density at radius 1 is 1.06 bits per heavy atom. The van der Waals surface area contributed by atoms with Gasteiger partial charge in [0.1, 0.15) is 13.2 Å². The molecule has 0 aromatic heterocycles. The summed E-state index contributed by atoms with van der Waals surface area (Å²) in [6.45, 7) is 0.494. The van der Waals surface area contributed by atoms with Gasteiger partial charge in [-0.05, 0) is 43.2 Å². The van der Waals surface area contributed by atoms with E-state index in [2.05, 4.69) is 0 Å². The first-order valence-corrected chi connectivity index (χ1v) is 12.2. The molecule has 2 aromatic rings. The van der Waals surface area contributed by atoms with Crippen molar-refractivity contribution in [3.8, 4) is 17.2 Å². The second-order valence-corrected chi connectivity index (χ2v) is 9.80. The van der Waals surface area contributed by atoms with Crippen LogP contribution in [0, 0.1) is 11.7 Å². The standard InChI is InChI=1S/C23H24FNO8S/c1-30-20-4-2-16(12-18(20)24)19(26)14-33-23(27)15-6-8-25(9-7-15)34(28,29)17-3-5-21-22(13-17)32-11-10-31-21/h2-5,12-13,15H,6-11,14H2,1H3. The van der Waals surface area contributed by atoms with E-state index < -0.39 is 40.1 Å². The quantitative estimate of drug-likeness (QED) is 0.428. The molecule has 11 heteroatoms. The molecule has 4 rings (SSSR count). The maximum atomic E-state index is 13.8. The predicted octanol–water partition coefficient (Wildman–Crippen LogP) is 2.43. The number of Topliss-reactive ketones (excluding diaryl/α,β-unsaturated/α-hetero) is 1. The first-order valence-electron chi connectivity index (χ1n) is 10.7. The highest BCUT2D eigenvalue weighted by Crippen LogP contribution is 2.34. The molecule has 2 heterocycles. The molecule has 0 radical (unpaired) electrons. The van der Waals surface area contributed by atoms with Crippen LogP contribution in [0.15, 0.2) is 41.3 Å². The Kier molecular flexibility index (Phi) is 7.03. The fourth-order valence-corrected chi connectivity index (χ4v) is 5.33. The maximum absolute atomic E-state index is 13.8. The molecule has 9 nitrogen and oxygen atoms in total. The predicted molar refractivity (Wildman–Crippen MR) is 117 cm³/mol. The summed E-state index contributed by atoms with van der Waals surface area (Å²) in [5, 5.41) is 0. The number of carbonyl (C=O) groups excluding carboxylic acids is 2. The largest absolute Gasteiger partial charge is 0.494 e. The van der Waals surface area contributed by atoms with Gasteiger partial charge in [0.2, 0.25) is 10.0 Å². The number of ether oxygens (including phenoxy) is 4. The van der Waals surface area contributed by atoms with Crippen molar-refractivity contribution in [1.29, 1.82) is 0 Å². The summed E-state index contributed by atoms with van der Waals surface area (Å²) >= 11 is 0. The molecule has 1 saturated heterocycles. The van der Waals surface area contributed by atoms with Crippen LogP contribution in [0.3, 0.4) is 0 Å². The Balaban J connectivity index is 1.31. The number of carbonyl (C=O) groups is 2. The zero-order valence-corrected chi connectivity index (χ0v) is 19.3. The molecule has 2 aliphatic heterocycles. The highest BCUT2D eigenvalue weighted by molar-refractivity contribution is 7.89. The summed E-state index contributed by atoms with van der Waals surface area (Å²) in [7, 11) is -2.46. The minimum Gasteiger partial charge on any atom is -0.494 e. The SMILES string of the molecule is COc1ccc(C(=O)COC(=O)C2CCN(S(=O)(=O)c3ccc4c(c3)OCCO4)CC2)cc1F. The minimum absolute atomic E-state index is 0.00602. The summed E-state index contributed by atoms with van der Waals surface area (Å²) in [6.07, 6.45) is 0.516. The van der Waals surface area contributed by atoms with Gasteiger partial charge >= 0.3 is 5.97 Å². The number of benzene rings is 2. The van der Waals surface area contributed by atoms with Gasteiger partial charge in [-0.1, -0.05) is 0 Å². The zero-order chi connectivity index (χ0) is 24.3. The van der Waals surface area contributed by atoms with Gasteiger partial charge in [0.25, 0.3) is 0 Å². The van der Waals surface area contributed by atoms with Crippen molar-refractivity contribution in [2.45, 2.75) is 17.7 Å². The number of methoxy groups -OCH3 is 1. The third kappa shape index (κ3) is 5.00. The van der Waals surface area contributed by atoms with E-state index in [-0.39, 0.29) is 42.1 Å². The van der Waals surface area contributed by atoms with Crippen molar-refractivity contribution < 1.29 is 41.3 Å². The lowest BCUT2D eigenvalue weighted by atomic mass is 9.98. The van der Waals surface area contributed by atoms with E-state index in [0.29, 0.717) is 24.7 Å². The van der Waals surface area contributed by atoms with Gasteiger partial charge in [-0.2, -0.15) is 4.31 Å². The summed E-state index contributed by atoms with van der Waals surface area (Å²) in [6, 6.07) is 8.21. The summed E-state index contributed by atoms with van der Waals surface area (Å²) in [5.41, 5.74) is 0.0615. The lowest BCUT2D eigenvalue weighted by Crippen LogP contribution is -2.40. The van der Waals surface area contributed by atoms with E-state index in [1.807, 2.05) is 0 Å². The lowest BCUT2D eigenvalue weighted by molar-refractivity contribution is -0.148. The van der Waals surface area contributed by atoms with Crippen molar-refractivity contribution in [3.63, 3.8) is 0 Å². The second-order valence-electron chi connectivity index (χ2n) is 7.86. The van der Waals surface area contributed by atoms with Crippen molar-refractivity contribution in [2.24, 2.45) is 5.92 Å². The molecule has 2 aliphatic rings. The fraction of sp³-hybridized carbons (Fsp3) is 0.391. The number of piperidine rings is 1. The lowest BCUT2D eigenvalue weighted by Gasteiger charge is -2.30. The molecule has 1 fully saturated rings. The number of sulfonamides is 1. The van der Waals surface area contributed by atoms with Crippen molar-refractivity contribution in [1.82, 2.24) is 4.31 Å². The number of halogens is 1. The molecule has 0 bridgehead atoms. The first-order chi connectivity index (χ1) is 16.3. The van der Waals surface area contributed by atoms with Crippen LogP contribution >= 0.6 is 0 Å². The number of nitrogens with zero attached hydrogens (tertiary/aromatic N) is 1. The Bertz CT molecular complexity index is 1190. The number of esters is 1. The summed E-state index contributed by atoms with van der Waals surface area (Å²) in [5.74, 6) is -1.47. The van der Waals surface area contributed by atoms with Crippen LogP contribution in [-0.2, 0) is 19.6 Å². The van der Waals surface area contributed by atoms with E-state index in [1.165, 1.54) is 35.7 Å². The highest BCUT2D eigenvalue weighted by Gasteiger charge is 2.33. The number of hydrogen-bond acceptors (Lipinski definition) is 8. The summed E-state index contributed by atoms with van der Waals surface area (Å²) in [4.78, 5) is 24.7. The zero-order valence-electron chi connectivity index (χ0n) is 18.5. The van der Waals surface area contributed by atoms with Crippen LogP contribution in [-0.4, -0.2) is 64.5 Å². The van der Waals surface area contributed by atoms with Crippen molar-refractivity contribution >= 4 is 21.8 Å². The summed E-state index contributed by atoms with van der Waals surface area (Å²) < 4.78 is 62.0. The van der Waals surface area contributed by atoms with E-state index in [9.17, 15) is 22.4 Å². The van der Waals surface area contributed by atoms with E-state index in [0.717, 1.165) is 6.07 Å². The molecule has 0 amide bonds. The van der Waals surface area contributed by atoms with Gasteiger partial charge in [-0.15, -0.1) is 0 Å². The van der Waals surface area contributed by atoms with Crippen molar-refractivity contribution in [2.75, 3.05) is 40.0 Å². The van der Waals surface area contributed by atoms with E-state index >= 15 is 0 Å². The molecule has 0 spiro atoms. The van der Waals surface area contributed by atoms with Crippen molar-refractivity contribution in [3.05, 3.63) is 47.8 Å². The van der Waals surface area contributed by atoms with Crippen LogP contribution in [0.2, 0.25) is 0 Å². The van der Waals surface area contributed by atoms with Gasteiger partial charge in [0.15, 0.2) is 35.5 Å². The molecular formula is C23H24FNO8S. The maximum Gasteiger partial charge on any atom is 0.309 e. The Morgan fingerprint density at radius 3 is 2.44 bits per heavy atom. The van der Waals surface area contributed by atoms with Crippen LogP contribution in [0.4, 0.5) is 4.39 Å². The molecule has 0 N–H and O–H groups in total. The molecule has 182 valence electrons. The van der Waals surface area contributed by atoms with Gasteiger partial charge in [0, 0.05) is 24.7 Å². The van der Waals surface area contributed by atoms with Gasteiger partial charge in [-0.25, -0.2) is 12.8 Å². The average molecular weight is 494 g/mol. The molecule has 0 saturated carbocycles. The average Bonchev–Trinajstić information content (AvgIpc) is 2.86. The number of hydrogen-bond donors (Lipinski definition) is 0. The molecule has 0 aliphatic carbocycles. The van der Waals surface area contributed by atoms with Crippen LogP contribution < -0.4 is 14.2 Å². The smallest absolute Gasteiger partial charge is 0.309 e. The van der Waals surface area contributed by atoms with Crippen LogP contribution in [0.25, 0.3) is 0 Å².